The second-order valence-electron chi connectivity index (χ2n) is 8.06. The molecule has 0 fully saturated rings. The molecule has 30 heavy (non-hydrogen) atoms. The predicted octanol–water partition coefficient (Wildman–Crippen LogP) is 5.91. The van der Waals surface area contributed by atoms with Crippen LogP contribution in [0.25, 0.3) is 11.1 Å². The molecule has 3 aromatic rings. The van der Waals surface area contributed by atoms with Gasteiger partial charge in [0, 0.05) is 11.6 Å². The summed E-state index contributed by atoms with van der Waals surface area (Å²) < 4.78 is 32.9. The molecule has 0 aromatic heterocycles. The zero-order valence-corrected chi connectivity index (χ0v) is 16.9. The number of carbonyl (C=O) groups is 1. The minimum absolute atomic E-state index is 0.0122. The molecular weight excluding hydrogens is 390 g/mol. The number of carboxylic acids is 1. The van der Waals surface area contributed by atoms with Gasteiger partial charge in [-0.2, -0.15) is 0 Å². The van der Waals surface area contributed by atoms with Crippen molar-refractivity contribution in [1.29, 1.82) is 0 Å². The van der Waals surface area contributed by atoms with Crippen LogP contribution in [0.3, 0.4) is 0 Å². The third kappa shape index (κ3) is 4.76. The van der Waals surface area contributed by atoms with Crippen LogP contribution >= 0.6 is 0 Å². The monoisotopic (exact) mass is 412 g/mol. The third-order valence-electron chi connectivity index (χ3n) is 4.73. The van der Waals surface area contributed by atoms with Crippen LogP contribution in [0.4, 0.5) is 8.78 Å². The molecule has 156 valence electrons. The first-order valence-electron chi connectivity index (χ1n) is 9.33. The molecule has 0 spiro atoms. The minimum atomic E-state index is -1.36. The highest BCUT2D eigenvalue weighted by atomic mass is 19.1. The van der Waals surface area contributed by atoms with Crippen LogP contribution in [0.5, 0.6) is 11.5 Å². The molecule has 0 radical (unpaired) electrons. The lowest BCUT2D eigenvalue weighted by Gasteiger charge is -2.19. The number of aromatic carboxylic acids is 1. The predicted molar refractivity (Wildman–Crippen MR) is 110 cm³/mol. The molecular formula is C24H22F2O4. The summed E-state index contributed by atoms with van der Waals surface area (Å²) in [7, 11) is 0. The van der Waals surface area contributed by atoms with Crippen LogP contribution in [0, 0.1) is 11.6 Å². The second kappa shape index (κ2) is 8.14. The molecule has 0 amide bonds. The molecule has 3 rings (SSSR count). The Morgan fingerprint density at radius 1 is 0.933 bits per heavy atom. The number of phenols is 1. The lowest BCUT2D eigenvalue weighted by Crippen LogP contribution is -2.10. The summed E-state index contributed by atoms with van der Waals surface area (Å²) in [6, 6.07) is 13.0. The van der Waals surface area contributed by atoms with Crippen molar-refractivity contribution in [1.82, 2.24) is 0 Å². The maximum Gasteiger partial charge on any atom is 0.339 e. The van der Waals surface area contributed by atoms with Gasteiger partial charge in [-0.3, -0.25) is 0 Å². The first-order valence-corrected chi connectivity index (χ1v) is 9.33. The fraction of sp³-hybridized carbons (Fsp3) is 0.208. The Kier molecular flexibility index (Phi) is 5.78. The fourth-order valence-corrected chi connectivity index (χ4v) is 3.07. The van der Waals surface area contributed by atoms with Crippen molar-refractivity contribution in [2.45, 2.75) is 32.8 Å². The molecule has 0 unspecified atom stereocenters. The Bertz CT molecular complexity index is 1060. The van der Waals surface area contributed by atoms with Crippen molar-refractivity contribution in [3.05, 3.63) is 82.9 Å². The van der Waals surface area contributed by atoms with E-state index in [9.17, 15) is 23.8 Å². The van der Waals surface area contributed by atoms with Crippen LogP contribution < -0.4 is 4.74 Å². The Labute approximate surface area is 173 Å². The first kappa shape index (κ1) is 21.3. The highest BCUT2D eigenvalue weighted by molar-refractivity contribution is 5.93. The van der Waals surface area contributed by atoms with Crippen LogP contribution in [0.15, 0.2) is 54.6 Å². The molecule has 3 aromatic carbocycles. The summed E-state index contributed by atoms with van der Waals surface area (Å²) in [6.07, 6.45) is 0. The van der Waals surface area contributed by atoms with Gasteiger partial charge < -0.3 is 14.9 Å². The number of aromatic hydroxyl groups is 1. The van der Waals surface area contributed by atoms with E-state index in [1.54, 1.807) is 12.1 Å². The quantitative estimate of drug-likeness (QED) is 0.547. The SMILES string of the molecule is CC(C)(C)c1ccc(OCc2cc(-c3cc(F)cc(F)c3)cc(C(=O)O)c2O)cc1. The van der Waals surface area contributed by atoms with Crippen molar-refractivity contribution in [3.63, 3.8) is 0 Å². The van der Waals surface area contributed by atoms with E-state index >= 15 is 0 Å². The summed E-state index contributed by atoms with van der Waals surface area (Å²) in [5.74, 6) is -2.84. The smallest absolute Gasteiger partial charge is 0.339 e. The standard InChI is InChI=1S/C24H22F2O4/c1-24(2,3)17-4-6-20(7-5-17)30-13-16-8-14(11-21(22(16)27)23(28)29)15-9-18(25)12-19(26)10-15/h4-12,27H,13H2,1-3H3,(H,28,29). The van der Waals surface area contributed by atoms with E-state index in [2.05, 4.69) is 20.8 Å². The normalized spacial score (nSPS) is 11.4. The van der Waals surface area contributed by atoms with Gasteiger partial charge in [0.25, 0.3) is 0 Å². The second-order valence-corrected chi connectivity index (χ2v) is 8.06. The van der Waals surface area contributed by atoms with Gasteiger partial charge in [0.1, 0.15) is 35.3 Å². The molecule has 0 bridgehead atoms. The number of benzene rings is 3. The molecule has 0 aliphatic carbocycles. The van der Waals surface area contributed by atoms with E-state index in [4.69, 9.17) is 4.74 Å². The molecule has 0 aliphatic rings. The zero-order chi connectivity index (χ0) is 22.1. The van der Waals surface area contributed by atoms with E-state index in [1.165, 1.54) is 12.1 Å². The average molecular weight is 412 g/mol. The number of halogens is 2. The molecule has 0 saturated carbocycles. The maximum absolute atomic E-state index is 13.6. The van der Waals surface area contributed by atoms with Crippen LogP contribution in [-0.2, 0) is 12.0 Å². The number of rotatable bonds is 5. The highest BCUT2D eigenvalue weighted by Gasteiger charge is 2.18. The van der Waals surface area contributed by atoms with E-state index < -0.39 is 23.4 Å². The van der Waals surface area contributed by atoms with Crippen LogP contribution in [0.2, 0.25) is 0 Å². The maximum atomic E-state index is 13.6. The summed E-state index contributed by atoms with van der Waals surface area (Å²) in [5.41, 5.74) is 1.34. The molecule has 0 aliphatic heterocycles. The van der Waals surface area contributed by atoms with Gasteiger partial charge in [-0.1, -0.05) is 32.9 Å². The van der Waals surface area contributed by atoms with Crippen LogP contribution in [-0.4, -0.2) is 16.2 Å². The number of carboxylic acid groups (broad SMARTS) is 1. The largest absolute Gasteiger partial charge is 0.507 e. The van der Waals surface area contributed by atoms with E-state index in [-0.39, 0.29) is 34.3 Å². The number of ether oxygens (including phenoxy) is 1. The van der Waals surface area contributed by atoms with Gasteiger partial charge in [-0.15, -0.1) is 0 Å². The average Bonchev–Trinajstić information content (AvgIpc) is 2.65. The van der Waals surface area contributed by atoms with Crippen molar-refractivity contribution in [2.75, 3.05) is 0 Å². The van der Waals surface area contributed by atoms with E-state index in [1.807, 2.05) is 12.1 Å². The number of hydrogen-bond donors (Lipinski definition) is 2. The first-order chi connectivity index (χ1) is 14.0. The molecule has 0 heterocycles. The number of hydrogen-bond acceptors (Lipinski definition) is 3. The van der Waals surface area contributed by atoms with Gasteiger partial charge in [-0.05, 0) is 58.5 Å². The summed E-state index contributed by atoms with van der Waals surface area (Å²) in [6.45, 7) is 6.16. The molecule has 0 saturated heterocycles. The van der Waals surface area contributed by atoms with Gasteiger partial charge in [0.15, 0.2) is 0 Å². The van der Waals surface area contributed by atoms with Crippen molar-refractivity contribution >= 4 is 5.97 Å². The Hall–Kier alpha value is -3.41. The fourth-order valence-electron chi connectivity index (χ4n) is 3.07. The minimum Gasteiger partial charge on any atom is -0.507 e. The molecule has 0 atom stereocenters. The van der Waals surface area contributed by atoms with Gasteiger partial charge in [-0.25, -0.2) is 13.6 Å². The lowest BCUT2D eigenvalue weighted by atomic mass is 9.87. The van der Waals surface area contributed by atoms with E-state index in [0.717, 1.165) is 23.8 Å². The summed E-state index contributed by atoms with van der Waals surface area (Å²) >= 11 is 0. The third-order valence-corrected chi connectivity index (χ3v) is 4.73. The Balaban J connectivity index is 1.93. The van der Waals surface area contributed by atoms with Crippen molar-refractivity contribution in [3.8, 4) is 22.6 Å². The van der Waals surface area contributed by atoms with Gasteiger partial charge in [0.05, 0.1) is 0 Å². The highest BCUT2D eigenvalue weighted by Crippen LogP contribution is 2.32. The van der Waals surface area contributed by atoms with Crippen LogP contribution in [0.1, 0.15) is 42.3 Å². The van der Waals surface area contributed by atoms with E-state index in [0.29, 0.717) is 5.75 Å². The summed E-state index contributed by atoms with van der Waals surface area (Å²) in [5, 5.41) is 19.8. The van der Waals surface area contributed by atoms with Crippen molar-refractivity contribution in [2.24, 2.45) is 0 Å². The Morgan fingerprint density at radius 3 is 2.03 bits per heavy atom. The molecule has 4 nitrogen and oxygen atoms in total. The lowest BCUT2D eigenvalue weighted by molar-refractivity contribution is 0.0693. The molecule has 2 N–H and O–H groups in total. The zero-order valence-electron chi connectivity index (χ0n) is 16.9. The van der Waals surface area contributed by atoms with Gasteiger partial charge in [0.2, 0.25) is 0 Å². The topological polar surface area (TPSA) is 66.8 Å². The summed E-state index contributed by atoms with van der Waals surface area (Å²) in [4.78, 5) is 11.5. The van der Waals surface area contributed by atoms with Crippen molar-refractivity contribution < 1.29 is 28.5 Å². The molecule has 6 heteroatoms. The Morgan fingerprint density at radius 2 is 1.50 bits per heavy atom. The van der Waals surface area contributed by atoms with Gasteiger partial charge >= 0.3 is 5.97 Å².